The fourth-order valence-electron chi connectivity index (χ4n) is 4.22. The lowest BCUT2D eigenvalue weighted by molar-refractivity contribution is -0.0510. The van der Waals surface area contributed by atoms with Crippen LogP contribution >= 0.6 is 0 Å². The molecule has 0 aromatic heterocycles. The van der Waals surface area contributed by atoms with Gasteiger partial charge in [0.1, 0.15) is 0 Å². The number of hydrogen-bond donors (Lipinski definition) is 2. The molecule has 1 unspecified atom stereocenters. The molecule has 0 heterocycles. The molecule has 0 spiro atoms. The molecule has 212 valence electrons. The Morgan fingerprint density at radius 1 is 0.778 bits per heavy atom. The zero-order valence-electron chi connectivity index (χ0n) is 22.7. The Hall–Kier alpha value is -1.12. The second-order valence-electron chi connectivity index (χ2n) is 10.5. The number of nitrogens with two attached hydrogens (primary N) is 1. The molecule has 4 nitrogen and oxygen atoms in total. The summed E-state index contributed by atoms with van der Waals surface area (Å²) in [5.41, 5.74) is 2.28. The average molecular weight is 538 g/mol. The molecule has 0 radical (unpaired) electrons. The summed E-state index contributed by atoms with van der Waals surface area (Å²) < 4.78 is 57.5. The molecule has 0 fully saturated rings. The van der Waals surface area contributed by atoms with Crippen molar-refractivity contribution in [1.82, 2.24) is 0 Å². The molecular formula is C28H50F3NO3S. The van der Waals surface area contributed by atoms with E-state index in [1.807, 2.05) is 0 Å². The van der Waals surface area contributed by atoms with Crippen molar-refractivity contribution in [2.45, 2.75) is 135 Å². The lowest BCUT2D eigenvalue weighted by Crippen LogP contribution is -2.42. The van der Waals surface area contributed by atoms with E-state index in [9.17, 15) is 13.2 Å². The zero-order chi connectivity index (χ0) is 27.5. The molecule has 0 saturated heterocycles. The number of halogens is 3. The second-order valence-corrected chi connectivity index (χ2v) is 11.9. The Bertz CT molecular complexity index is 748. The maximum Gasteiger partial charge on any atom is 0.522 e. The largest absolute Gasteiger partial charge is 0.522 e. The monoisotopic (exact) mass is 537 g/mol. The maximum atomic E-state index is 10.7. The lowest BCUT2D eigenvalue weighted by Gasteiger charge is -2.31. The van der Waals surface area contributed by atoms with E-state index in [1.54, 1.807) is 0 Å². The second kappa shape index (κ2) is 19.0. The van der Waals surface area contributed by atoms with Crippen LogP contribution < -0.4 is 5.73 Å². The number of unbranched alkanes of at least 4 members (excludes halogenated alkanes) is 13. The van der Waals surface area contributed by atoms with E-state index < -0.39 is 15.6 Å². The first-order valence-corrected chi connectivity index (χ1v) is 15.1. The third-order valence-corrected chi connectivity index (χ3v) is 7.16. The summed E-state index contributed by atoms with van der Waals surface area (Å²) in [6.45, 7) is 6.69. The van der Waals surface area contributed by atoms with Crippen LogP contribution in [0.25, 0.3) is 0 Å². The van der Waals surface area contributed by atoms with Gasteiger partial charge in [-0.1, -0.05) is 127 Å². The van der Waals surface area contributed by atoms with E-state index in [0.717, 1.165) is 6.42 Å². The highest BCUT2D eigenvalue weighted by Gasteiger charge is 2.44. The Kier molecular flexibility index (Phi) is 18.4. The zero-order valence-corrected chi connectivity index (χ0v) is 23.5. The molecule has 36 heavy (non-hydrogen) atoms. The van der Waals surface area contributed by atoms with Gasteiger partial charge in [0.2, 0.25) is 0 Å². The maximum absolute atomic E-state index is 10.7. The fraction of sp³-hybridized carbons (Fsp3) is 0.786. The van der Waals surface area contributed by atoms with Crippen LogP contribution in [-0.4, -0.2) is 24.0 Å². The van der Waals surface area contributed by atoms with Gasteiger partial charge in [-0.3, -0.25) is 4.55 Å². The van der Waals surface area contributed by atoms with Gasteiger partial charge >= 0.3 is 15.6 Å². The van der Waals surface area contributed by atoms with Gasteiger partial charge in [0, 0.05) is 5.54 Å². The minimum absolute atomic E-state index is 0.0909. The van der Waals surface area contributed by atoms with Gasteiger partial charge in [-0.05, 0) is 38.2 Å². The molecule has 3 N–H and O–H groups in total. The molecule has 0 amide bonds. The fourth-order valence-corrected chi connectivity index (χ4v) is 4.22. The van der Waals surface area contributed by atoms with Crippen LogP contribution in [0.4, 0.5) is 13.2 Å². The average Bonchev–Trinajstić information content (AvgIpc) is 2.77. The van der Waals surface area contributed by atoms with E-state index in [2.05, 4.69) is 51.1 Å². The Labute approximate surface area is 218 Å². The van der Waals surface area contributed by atoms with E-state index in [4.69, 9.17) is 18.7 Å². The first-order valence-electron chi connectivity index (χ1n) is 13.7. The highest BCUT2D eigenvalue weighted by Crippen LogP contribution is 2.25. The molecule has 0 aliphatic rings. The van der Waals surface area contributed by atoms with Crippen molar-refractivity contribution in [2.75, 3.05) is 0 Å². The number of rotatable bonds is 18. The van der Waals surface area contributed by atoms with Gasteiger partial charge < -0.3 is 5.73 Å². The SMILES string of the molecule is CCCCCCCCCCCCCCCCC(Cc1ccccc1)C(C)(C)N.O=S(=O)(O)C(F)(F)F. The normalized spacial score (nSPS) is 13.2. The Balaban J connectivity index is 0.00000131. The first-order chi connectivity index (χ1) is 16.8. The molecule has 1 rings (SSSR count). The van der Waals surface area contributed by atoms with Gasteiger partial charge in [-0.2, -0.15) is 21.6 Å². The Morgan fingerprint density at radius 2 is 1.14 bits per heavy atom. The van der Waals surface area contributed by atoms with E-state index in [0.29, 0.717) is 5.92 Å². The highest BCUT2D eigenvalue weighted by molar-refractivity contribution is 7.86. The number of alkyl halides is 3. The topological polar surface area (TPSA) is 80.4 Å². The predicted molar refractivity (Wildman–Crippen MR) is 144 cm³/mol. The molecule has 1 aromatic rings. The third kappa shape index (κ3) is 19.1. The van der Waals surface area contributed by atoms with Gasteiger partial charge in [0.15, 0.2) is 0 Å². The van der Waals surface area contributed by atoms with Gasteiger partial charge in [-0.25, -0.2) is 0 Å². The quantitative estimate of drug-likeness (QED) is 0.111. The van der Waals surface area contributed by atoms with Gasteiger partial charge in [-0.15, -0.1) is 0 Å². The highest BCUT2D eigenvalue weighted by atomic mass is 32.2. The van der Waals surface area contributed by atoms with Crippen LogP contribution in [0, 0.1) is 5.92 Å². The van der Waals surface area contributed by atoms with E-state index in [-0.39, 0.29) is 5.54 Å². The van der Waals surface area contributed by atoms with Crippen LogP contribution in [-0.2, 0) is 16.5 Å². The predicted octanol–water partition coefficient (Wildman–Crippen LogP) is 8.85. The van der Waals surface area contributed by atoms with Crippen LogP contribution in [0.15, 0.2) is 30.3 Å². The molecule has 0 bridgehead atoms. The summed E-state index contributed by atoms with van der Waals surface area (Å²) in [6, 6.07) is 10.9. The summed E-state index contributed by atoms with van der Waals surface area (Å²) in [7, 11) is -5.84. The molecule has 8 heteroatoms. The minimum Gasteiger partial charge on any atom is -0.325 e. The van der Waals surface area contributed by atoms with Crippen molar-refractivity contribution in [1.29, 1.82) is 0 Å². The van der Waals surface area contributed by atoms with Gasteiger partial charge in [0.25, 0.3) is 0 Å². The van der Waals surface area contributed by atoms with Crippen molar-refractivity contribution in [2.24, 2.45) is 11.7 Å². The number of benzene rings is 1. The summed E-state index contributed by atoms with van der Waals surface area (Å²) >= 11 is 0. The van der Waals surface area contributed by atoms with Gasteiger partial charge in [0.05, 0.1) is 0 Å². The van der Waals surface area contributed by atoms with Crippen molar-refractivity contribution in [3.63, 3.8) is 0 Å². The summed E-state index contributed by atoms with van der Waals surface area (Å²) in [6.07, 6.45) is 22.3. The molecule has 0 aliphatic heterocycles. The summed E-state index contributed by atoms with van der Waals surface area (Å²) in [4.78, 5) is 0. The van der Waals surface area contributed by atoms with Crippen LogP contribution in [0.3, 0.4) is 0 Å². The molecule has 1 atom stereocenters. The van der Waals surface area contributed by atoms with E-state index >= 15 is 0 Å². The van der Waals surface area contributed by atoms with Crippen molar-refractivity contribution in [3.05, 3.63) is 35.9 Å². The number of hydrogen-bond acceptors (Lipinski definition) is 3. The third-order valence-electron chi connectivity index (χ3n) is 6.58. The smallest absolute Gasteiger partial charge is 0.325 e. The van der Waals surface area contributed by atoms with E-state index in [1.165, 1.54) is 102 Å². The van der Waals surface area contributed by atoms with Crippen molar-refractivity contribution < 1.29 is 26.1 Å². The minimum atomic E-state index is -5.84. The molecule has 0 saturated carbocycles. The molecular weight excluding hydrogens is 487 g/mol. The summed E-state index contributed by atoms with van der Waals surface area (Å²) in [5.74, 6) is 0.576. The summed E-state index contributed by atoms with van der Waals surface area (Å²) in [5, 5.41) is 0. The Morgan fingerprint density at radius 3 is 1.47 bits per heavy atom. The lowest BCUT2D eigenvalue weighted by atomic mass is 9.80. The van der Waals surface area contributed by atoms with Crippen LogP contribution in [0.1, 0.15) is 123 Å². The van der Waals surface area contributed by atoms with Crippen molar-refractivity contribution in [3.8, 4) is 0 Å². The molecule has 0 aliphatic carbocycles. The first kappa shape index (κ1) is 34.9. The van der Waals surface area contributed by atoms with Crippen molar-refractivity contribution >= 4 is 10.1 Å². The molecule has 1 aromatic carbocycles. The standard InChI is InChI=1S/C27H49N.CHF3O3S/c1-4-5-6-7-8-9-10-11-12-13-14-15-16-20-23-26(27(2,3)28)24-25-21-18-17-19-22-25;2-1(3,4)8(5,6)7/h17-19,21-22,26H,4-16,20,23-24,28H2,1-3H3;(H,5,6,7). The van der Waals surface area contributed by atoms with Crippen LogP contribution in [0.2, 0.25) is 0 Å². The van der Waals surface area contributed by atoms with Crippen LogP contribution in [0.5, 0.6) is 0 Å².